The summed E-state index contributed by atoms with van der Waals surface area (Å²) in [5, 5.41) is 2.35. The van der Waals surface area contributed by atoms with Crippen molar-refractivity contribution in [2.24, 2.45) is 11.5 Å². The zero-order valence-corrected chi connectivity index (χ0v) is 10.1. The molecule has 0 bridgehead atoms. The molecule has 7 nitrogen and oxygen atoms in total. The molecule has 0 atom stereocenters. The number of hydrogen-bond donors (Lipinski definition) is 3. The Bertz CT molecular complexity index is 281. The molecule has 98 valence electrons. The molecule has 7 heteroatoms. The average Bonchev–Trinajstić information content (AvgIpc) is 2.30. The molecule has 0 aromatic carbocycles. The number of nitrogens with one attached hydrogen (secondary N) is 1. The van der Waals surface area contributed by atoms with E-state index in [4.69, 9.17) is 11.5 Å². The third-order valence-corrected chi connectivity index (χ3v) is 2.10. The first-order chi connectivity index (χ1) is 8.01. The maximum Gasteiger partial charge on any atom is 0.242 e. The van der Waals surface area contributed by atoms with Gasteiger partial charge in [-0.2, -0.15) is 0 Å². The predicted octanol–water partition coefficient (Wildman–Crippen LogP) is -1.82. The number of hydrogen-bond acceptors (Lipinski definition) is 4. The van der Waals surface area contributed by atoms with E-state index in [1.807, 2.05) is 6.92 Å². The van der Waals surface area contributed by atoms with Gasteiger partial charge in [0.15, 0.2) is 0 Å². The first-order valence-electron chi connectivity index (χ1n) is 5.54. The summed E-state index contributed by atoms with van der Waals surface area (Å²) in [6.07, 6.45) is 1.68. The molecular formula is C10H20N4O3. The van der Waals surface area contributed by atoms with E-state index in [0.717, 1.165) is 12.8 Å². The summed E-state index contributed by atoms with van der Waals surface area (Å²) in [7, 11) is 0. The highest BCUT2D eigenvalue weighted by molar-refractivity contribution is 5.88. The number of primary amides is 1. The number of amides is 3. The van der Waals surface area contributed by atoms with E-state index in [2.05, 4.69) is 5.32 Å². The van der Waals surface area contributed by atoms with Crippen molar-refractivity contribution in [1.29, 1.82) is 0 Å². The molecular weight excluding hydrogens is 224 g/mol. The summed E-state index contributed by atoms with van der Waals surface area (Å²) >= 11 is 0. The molecule has 5 N–H and O–H groups in total. The minimum atomic E-state index is -0.570. The summed E-state index contributed by atoms with van der Waals surface area (Å²) in [6, 6.07) is 0. The Kier molecular flexibility index (Phi) is 7.70. The van der Waals surface area contributed by atoms with Crippen LogP contribution in [0.1, 0.15) is 19.8 Å². The van der Waals surface area contributed by atoms with Gasteiger partial charge < -0.3 is 21.7 Å². The van der Waals surface area contributed by atoms with Gasteiger partial charge in [-0.3, -0.25) is 14.4 Å². The maximum absolute atomic E-state index is 11.7. The first kappa shape index (κ1) is 15.4. The van der Waals surface area contributed by atoms with Crippen LogP contribution in [0.2, 0.25) is 0 Å². The zero-order chi connectivity index (χ0) is 13.3. The lowest BCUT2D eigenvalue weighted by atomic mass is 10.3. The summed E-state index contributed by atoms with van der Waals surface area (Å²) in [4.78, 5) is 34.7. The zero-order valence-electron chi connectivity index (χ0n) is 10.1. The van der Waals surface area contributed by atoms with E-state index in [1.165, 1.54) is 4.90 Å². The predicted molar refractivity (Wildman–Crippen MR) is 62.7 cm³/mol. The molecule has 0 rings (SSSR count). The van der Waals surface area contributed by atoms with Crippen LogP contribution in [0.3, 0.4) is 0 Å². The topological polar surface area (TPSA) is 119 Å². The highest BCUT2D eigenvalue weighted by Gasteiger charge is 2.15. The van der Waals surface area contributed by atoms with E-state index in [1.54, 1.807) is 0 Å². The van der Waals surface area contributed by atoms with Crippen LogP contribution < -0.4 is 16.8 Å². The van der Waals surface area contributed by atoms with Crippen molar-refractivity contribution in [1.82, 2.24) is 10.2 Å². The van der Waals surface area contributed by atoms with Gasteiger partial charge in [-0.05, 0) is 6.42 Å². The van der Waals surface area contributed by atoms with E-state index in [-0.39, 0.29) is 25.5 Å². The molecule has 0 unspecified atom stereocenters. The van der Waals surface area contributed by atoms with Crippen molar-refractivity contribution >= 4 is 17.7 Å². The number of rotatable bonds is 8. The molecule has 0 aromatic heterocycles. The van der Waals surface area contributed by atoms with Gasteiger partial charge in [0, 0.05) is 6.54 Å². The smallest absolute Gasteiger partial charge is 0.242 e. The van der Waals surface area contributed by atoms with Crippen LogP contribution in [0.4, 0.5) is 0 Å². The SMILES string of the molecule is CCCCN(CC(N)=O)C(=O)CNC(=O)CN. The Morgan fingerprint density at radius 2 is 1.94 bits per heavy atom. The maximum atomic E-state index is 11.7. The van der Waals surface area contributed by atoms with Gasteiger partial charge in [0.2, 0.25) is 17.7 Å². The van der Waals surface area contributed by atoms with Gasteiger partial charge in [-0.15, -0.1) is 0 Å². The highest BCUT2D eigenvalue weighted by atomic mass is 16.2. The molecule has 0 aliphatic heterocycles. The average molecular weight is 244 g/mol. The standard InChI is InChI=1S/C10H20N4O3/c1-2-3-4-14(7-8(12)15)10(17)6-13-9(16)5-11/h2-7,11H2,1H3,(H2,12,15)(H,13,16). The fourth-order valence-electron chi connectivity index (χ4n) is 1.19. The van der Waals surface area contributed by atoms with E-state index in [0.29, 0.717) is 6.54 Å². The molecule has 0 radical (unpaired) electrons. The van der Waals surface area contributed by atoms with Crippen LogP contribution in [0.25, 0.3) is 0 Å². The van der Waals surface area contributed by atoms with Crippen molar-refractivity contribution in [3.63, 3.8) is 0 Å². The fourth-order valence-corrected chi connectivity index (χ4v) is 1.19. The van der Waals surface area contributed by atoms with Crippen molar-refractivity contribution in [3.05, 3.63) is 0 Å². The van der Waals surface area contributed by atoms with Crippen LogP contribution >= 0.6 is 0 Å². The van der Waals surface area contributed by atoms with E-state index >= 15 is 0 Å². The molecule has 0 aromatic rings. The molecule has 0 heterocycles. The highest BCUT2D eigenvalue weighted by Crippen LogP contribution is 1.95. The van der Waals surface area contributed by atoms with Crippen LogP contribution in [0.5, 0.6) is 0 Å². The van der Waals surface area contributed by atoms with Gasteiger partial charge >= 0.3 is 0 Å². The summed E-state index contributed by atoms with van der Waals surface area (Å²) in [5.74, 6) is -1.31. The van der Waals surface area contributed by atoms with Crippen LogP contribution in [-0.2, 0) is 14.4 Å². The van der Waals surface area contributed by atoms with Crippen LogP contribution in [-0.4, -0.2) is 48.8 Å². The Hall–Kier alpha value is -1.63. The molecule has 0 saturated heterocycles. The molecule has 0 aliphatic carbocycles. The normalized spacial score (nSPS) is 9.76. The number of carbonyl (C=O) groups is 3. The number of unbranched alkanes of at least 4 members (excludes halogenated alkanes) is 1. The van der Waals surface area contributed by atoms with Crippen molar-refractivity contribution in [3.8, 4) is 0 Å². The lowest BCUT2D eigenvalue weighted by Crippen LogP contribution is -2.45. The summed E-state index contributed by atoms with van der Waals surface area (Å²) in [6.45, 7) is 1.97. The summed E-state index contributed by atoms with van der Waals surface area (Å²) in [5.41, 5.74) is 10.1. The lowest BCUT2D eigenvalue weighted by molar-refractivity contribution is -0.135. The number of carbonyl (C=O) groups excluding carboxylic acids is 3. The lowest BCUT2D eigenvalue weighted by Gasteiger charge is -2.21. The van der Waals surface area contributed by atoms with Crippen molar-refractivity contribution in [2.75, 3.05) is 26.2 Å². The van der Waals surface area contributed by atoms with Gasteiger partial charge in [-0.25, -0.2) is 0 Å². The number of nitrogens with two attached hydrogens (primary N) is 2. The van der Waals surface area contributed by atoms with Crippen LogP contribution in [0.15, 0.2) is 0 Å². The Balaban J connectivity index is 4.20. The summed E-state index contributed by atoms with van der Waals surface area (Å²) < 4.78 is 0. The Morgan fingerprint density at radius 1 is 1.29 bits per heavy atom. The first-order valence-corrected chi connectivity index (χ1v) is 5.54. The third-order valence-electron chi connectivity index (χ3n) is 2.10. The Morgan fingerprint density at radius 3 is 2.41 bits per heavy atom. The Labute approximate surface area is 100 Å². The van der Waals surface area contributed by atoms with E-state index < -0.39 is 11.8 Å². The van der Waals surface area contributed by atoms with Gasteiger partial charge in [-0.1, -0.05) is 13.3 Å². The molecule has 0 saturated carbocycles. The second-order valence-corrected chi connectivity index (χ2v) is 3.62. The van der Waals surface area contributed by atoms with Crippen LogP contribution in [0, 0.1) is 0 Å². The largest absolute Gasteiger partial charge is 0.368 e. The number of nitrogens with zero attached hydrogens (tertiary/aromatic N) is 1. The van der Waals surface area contributed by atoms with Gasteiger partial charge in [0.1, 0.15) is 0 Å². The van der Waals surface area contributed by atoms with E-state index in [9.17, 15) is 14.4 Å². The quantitative estimate of drug-likeness (QED) is 0.465. The monoisotopic (exact) mass is 244 g/mol. The third kappa shape index (κ3) is 7.29. The minimum Gasteiger partial charge on any atom is -0.368 e. The molecule has 3 amide bonds. The molecule has 0 fully saturated rings. The molecule has 0 spiro atoms. The molecule has 17 heavy (non-hydrogen) atoms. The second kappa shape index (κ2) is 8.51. The van der Waals surface area contributed by atoms with Crippen molar-refractivity contribution < 1.29 is 14.4 Å². The van der Waals surface area contributed by atoms with Crippen molar-refractivity contribution in [2.45, 2.75) is 19.8 Å². The second-order valence-electron chi connectivity index (χ2n) is 3.62. The fraction of sp³-hybridized carbons (Fsp3) is 0.700. The minimum absolute atomic E-state index is 0.128. The van der Waals surface area contributed by atoms with Gasteiger partial charge in [0.25, 0.3) is 0 Å². The van der Waals surface area contributed by atoms with Gasteiger partial charge in [0.05, 0.1) is 19.6 Å². The molecule has 0 aliphatic rings.